The molecule has 0 aliphatic heterocycles. The molecule has 2 aromatic rings. The zero-order valence-corrected chi connectivity index (χ0v) is 9.95. The lowest BCUT2D eigenvalue weighted by atomic mass is 10.2. The largest absolute Gasteiger partial charge is 0.461 e. The normalized spacial score (nSPS) is 10.4. The summed E-state index contributed by atoms with van der Waals surface area (Å²) < 4.78 is 6.30. The number of carbonyl (C=O) groups is 1. The number of halogens is 2. The van der Waals surface area contributed by atoms with E-state index in [-0.39, 0.29) is 5.78 Å². The number of carbonyl (C=O) groups excluding carboxylic acids is 1. The van der Waals surface area contributed by atoms with Gasteiger partial charge in [-0.25, -0.2) is 0 Å². The fourth-order valence-electron chi connectivity index (χ4n) is 0.988. The smallest absolute Gasteiger partial charge is 0.238 e. The standard InChI is InChI=1S/C9H4BrClO2S/c10-5-4-7(14-9(5)11)8(12)6-2-1-3-13-6/h1-4H. The quantitative estimate of drug-likeness (QED) is 0.783. The second-order valence-electron chi connectivity index (χ2n) is 2.54. The van der Waals surface area contributed by atoms with Crippen LogP contribution in [0.1, 0.15) is 15.4 Å². The number of hydrogen-bond acceptors (Lipinski definition) is 3. The Morgan fingerprint density at radius 1 is 1.57 bits per heavy atom. The minimum Gasteiger partial charge on any atom is -0.461 e. The summed E-state index contributed by atoms with van der Waals surface area (Å²) in [6, 6.07) is 5.00. The van der Waals surface area contributed by atoms with Crippen LogP contribution < -0.4 is 0 Å². The molecule has 0 aliphatic carbocycles. The first-order valence-electron chi connectivity index (χ1n) is 3.71. The Labute approximate surface area is 97.6 Å². The molecule has 2 rings (SSSR count). The molecule has 2 aromatic heterocycles. The molecule has 0 bridgehead atoms. The number of ketones is 1. The molecule has 0 unspecified atom stereocenters. The average molecular weight is 292 g/mol. The summed E-state index contributed by atoms with van der Waals surface area (Å²) in [5.41, 5.74) is 0. The van der Waals surface area contributed by atoms with Crippen LogP contribution in [0.2, 0.25) is 4.34 Å². The summed E-state index contributed by atoms with van der Waals surface area (Å²) in [5.74, 6) is 0.183. The zero-order chi connectivity index (χ0) is 10.1. The van der Waals surface area contributed by atoms with Gasteiger partial charge < -0.3 is 4.42 Å². The highest BCUT2D eigenvalue weighted by atomic mass is 79.9. The van der Waals surface area contributed by atoms with Crippen molar-refractivity contribution >= 4 is 44.7 Å². The van der Waals surface area contributed by atoms with Crippen LogP contribution >= 0.6 is 38.9 Å². The van der Waals surface area contributed by atoms with Gasteiger partial charge in [0.15, 0.2) is 5.76 Å². The third-order valence-corrected chi connectivity index (χ3v) is 4.09. The van der Waals surface area contributed by atoms with Crippen LogP contribution in [0, 0.1) is 0 Å². The Morgan fingerprint density at radius 3 is 2.86 bits per heavy atom. The van der Waals surface area contributed by atoms with Gasteiger partial charge in [-0.2, -0.15) is 0 Å². The number of thiophene rings is 1. The van der Waals surface area contributed by atoms with Crippen LogP contribution in [-0.4, -0.2) is 5.78 Å². The minimum atomic E-state index is -0.146. The van der Waals surface area contributed by atoms with Crippen molar-refractivity contribution in [1.29, 1.82) is 0 Å². The van der Waals surface area contributed by atoms with E-state index >= 15 is 0 Å². The van der Waals surface area contributed by atoms with Crippen LogP contribution in [0.3, 0.4) is 0 Å². The van der Waals surface area contributed by atoms with E-state index in [1.54, 1.807) is 18.2 Å². The first-order valence-corrected chi connectivity index (χ1v) is 5.70. The van der Waals surface area contributed by atoms with E-state index in [1.807, 2.05) is 0 Å². The molecular formula is C9H4BrClO2S. The molecule has 0 amide bonds. The van der Waals surface area contributed by atoms with E-state index in [2.05, 4.69) is 15.9 Å². The topological polar surface area (TPSA) is 30.2 Å². The SMILES string of the molecule is O=C(c1ccco1)c1cc(Br)c(Cl)s1. The van der Waals surface area contributed by atoms with Crippen LogP contribution in [0.4, 0.5) is 0 Å². The molecule has 0 radical (unpaired) electrons. The monoisotopic (exact) mass is 290 g/mol. The van der Waals surface area contributed by atoms with E-state index in [4.69, 9.17) is 16.0 Å². The summed E-state index contributed by atoms with van der Waals surface area (Å²) in [6.45, 7) is 0. The van der Waals surface area contributed by atoms with Crippen LogP contribution in [-0.2, 0) is 0 Å². The molecule has 5 heteroatoms. The molecule has 0 saturated carbocycles. The Hall–Kier alpha value is -0.580. The molecule has 0 fully saturated rings. The van der Waals surface area contributed by atoms with Gasteiger partial charge in [0.05, 0.1) is 11.1 Å². The van der Waals surface area contributed by atoms with Crippen molar-refractivity contribution in [1.82, 2.24) is 0 Å². The van der Waals surface area contributed by atoms with Crippen molar-refractivity contribution in [2.24, 2.45) is 0 Å². The highest BCUT2D eigenvalue weighted by Gasteiger charge is 2.16. The maximum absolute atomic E-state index is 11.7. The van der Waals surface area contributed by atoms with E-state index in [0.29, 0.717) is 15.0 Å². The van der Waals surface area contributed by atoms with Gasteiger partial charge in [0.1, 0.15) is 4.34 Å². The van der Waals surface area contributed by atoms with Crippen molar-refractivity contribution in [3.63, 3.8) is 0 Å². The zero-order valence-electron chi connectivity index (χ0n) is 6.79. The summed E-state index contributed by atoms with van der Waals surface area (Å²) in [5, 5.41) is 0. The molecule has 0 aliphatic rings. The Bertz CT molecular complexity index is 442. The fraction of sp³-hybridized carbons (Fsp3) is 0. The van der Waals surface area contributed by atoms with Crippen LogP contribution in [0.15, 0.2) is 33.4 Å². The van der Waals surface area contributed by atoms with Crippen molar-refractivity contribution in [3.05, 3.63) is 43.9 Å². The number of furan rings is 1. The lowest BCUT2D eigenvalue weighted by Gasteiger charge is -1.89. The van der Waals surface area contributed by atoms with E-state index in [1.165, 1.54) is 17.6 Å². The van der Waals surface area contributed by atoms with Crippen molar-refractivity contribution in [3.8, 4) is 0 Å². The van der Waals surface area contributed by atoms with Crippen molar-refractivity contribution < 1.29 is 9.21 Å². The molecule has 0 atom stereocenters. The van der Waals surface area contributed by atoms with Gasteiger partial charge in [-0.3, -0.25) is 4.79 Å². The van der Waals surface area contributed by atoms with E-state index in [0.717, 1.165) is 4.47 Å². The fourth-order valence-corrected chi connectivity index (χ4v) is 2.63. The van der Waals surface area contributed by atoms with Crippen LogP contribution in [0.5, 0.6) is 0 Å². The highest BCUT2D eigenvalue weighted by Crippen LogP contribution is 2.33. The summed E-state index contributed by atoms with van der Waals surface area (Å²) in [6.07, 6.45) is 1.47. The van der Waals surface area contributed by atoms with Crippen molar-refractivity contribution in [2.45, 2.75) is 0 Å². The summed E-state index contributed by atoms with van der Waals surface area (Å²) in [4.78, 5) is 12.3. The Kier molecular flexibility index (Phi) is 2.76. The lowest BCUT2D eigenvalue weighted by molar-refractivity contribution is 0.101. The predicted molar refractivity (Wildman–Crippen MR) is 59.2 cm³/mol. The molecule has 0 N–H and O–H groups in total. The maximum Gasteiger partial charge on any atom is 0.238 e. The molecule has 2 heterocycles. The van der Waals surface area contributed by atoms with Gasteiger partial charge in [0, 0.05) is 4.47 Å². The third kappa shape index (κ3) is 1.78. The second-order valence-corrected chi connectivity index (χ2v) is 5.05. The van der Waals surface area contributed by atoms with Gasteiger partial charge in [-0.1, -0.05) is 11.6 Å². The molecule has 14 heavy (non-hydrogen) atoms. The second kappa shape index (κ2) is 3.88. The van der Waals surface area contributed by atoms with Gasteiger partial charge in [0.25, 0.3) is 0 Å². The lowest BCUT2D eigenvalue weighted by Crippen LogP contribution is -1.95. The molecule has 0 aromatic carbocycles. The van der Waals surface area contributed by atoms with Crippen LogP contribution in [0.25, 0.3) is 0 Å². The highest BCUT2D eigenvalue weighted by molar-refractivity contribution is 9.10. The first-order chi connectivity index (χ1) is 6.68. The molecule has 0 spiro atoms. The molecule has 2 nitrogen and oxygen atoms in total. The summed E-state index contributed by atoms with van der Waals surface area (Å²) >= 11 is 10.3. The number of hydrogen-bond donors (Lipinski definition) is 0. The maximum atomic E-state index is 11.7. The molecule has 72 valence electrons. The van der Waals surface area contributed by atoms with Crippen molar-refractivity contribution in [2.75, 3.05) is 0 Å². The Balaban J connectivity index is 2.37. The number of rotatable bonds is 2. The third-order valence-electron chi connectivity index (χ3n) is 1.61. The van der Waals surface area contributed by atoms with Gasteiger partial charge in [0.2, 0.25) is 5.78 Å². The average Bonchev–Trinajstić information content (AvgIpc) is 2.76. The van der Waals surface area contributed by atoms with Gasteiger partial charge in [-0.15, -0.1) is 11.3 Å². The van der Waals surface area contributed by atoms with Gasteiger partial charge >= 0.3 is 0 Å². The molecule has 0 saturated heterocycles. The predicted octanol–water partition coefficient (Wildman–Crippen LogP) is 3.99. The first kappa shape index (κ1) is 9.96. The van der Waals surface area contributed by atoms with Gasteiger partial charge in [-0.05, 0) is 34.1 Å². The molecular weight excluding hydrogens is 288 g/mol. The minimum absolute atomic E-state index is 0.146. The Morgan fingerprint density at radius 2 is 2.36 bits per heavy atom. The summed E-state index contributed by atoms with van der Waals surface area (Å²) in [7, 11) is 0. The van der Waals surface area contributed by atoms with E-state index in [9.17, 15) is 4.79 Å². The van der Waals surface area contributed by atoms with E-state index < -0.39 is 0 Å².